The van der Waals surface area contributed by atoms with Gasteiger partial charge in [-0.15, -0.1) is 0 Å². The number of hydrogen-bond donors (Lipinski definition) is 2. The number of nitrogens with zero attached hydrogens (tertiary/aromatic N) is 1. The Morgan fingerprint density at radius 1 is 1.08 bits per heavy atom. The lowest BCUT2D eigenvalue weighted by Crippen LogP contribution is -2.35. The van der Waals surface area contributed by atoms with Crippen molar-refractivity contribution in [2.45, 2.75) is 26.8 Å². The van der Waals surface area contributed by atoms with E-state index in [0.29, 0.717) is 16.7 Å². The van der Waals surface area contributed by atoms with Crippen LogP contribution in [0.25, 0.3) is 0 Å². The van der Waals surface area contributed by atoms with E-state index in [0.717, 1.165) is 16.2 Å². The summed E-state index contributed by atoms with van der Waals surface area (Å²) in [5.41, 5.74) is 2.53. The van der Waals surface area contributed by atoms with Crippen LogP contribution in [0.15, 0.2) is 35.1 Å². The van der Waals surface area contributed by atoms with Crippen LogP contribution in [0.3, 0.4) is 0 Å². The fourth-order valence-electron chi connectivity index (χ4n) is 3.03. The number of amides is 3. The monoisotopic (exact) mass is 353 g/mol. The highest BCUT2D eigenvalue weighted by molar-refractivity contribution is 6.21. The minimum Gasteiger partial charge on any atom is -0.352 e. The van der Waals surface area contributed by atoms with Crippen LogP contribution in [0.4, 0.5) is 0 Å². The van der Waals surface area contributed by atoms with Gasteiger partial charge in [-0.3, -0.25) is 24.1 Å². The summed E-state index contributed by atoms with van der Waals surface area (Å²) in [7, 11) is 0. The third kappa shape index (κ3) is 3.28. The van der Waals surface area contributed by atoms with Crippen molar-refractivity contribution in [1.29, 1.82) is 0 Å². The van der Waals surface area contributed by atoms with E-state index < -0.39 is 0 Å². The second-order valence-corrected chi connectivity index (χ2v) is 6.28. The van der Waals surface area contributed by atoms with Crippen LogP contribution in [-0.4, -0.2) is 34.2 Å². The van der Waals surface area contributed by atoms with Crippen molar-refractivity contribution in [2.24, 2.45) is 0 Å². The summed E-state index contributed by atoms with van der Waals surface area (Å²) in [5.74, 6) is -1.10. The first-order valence-electron chi connectivity index (χ1n) is 8.30. The van der Waals surface area contributed by atoms with Gasteiger partial charge < -0.3 is 10.3 Å². The van der Waals surface area contributed by atoms with Gasteiger partial charge in [-0.05, 0) is 37.6 Å². The van der Waals surface area contributed by atoms with E-state index in [4.69, 9.17) is 0 Å². The van der Waals surface area contributed by atoms with E-state index in [2.05, 4.69) is 10.3 Å². The van der Waals surface area contributed by atoms with Crippen LogP contribution >= 0.6 is 0 Å². The van der Waals surface area contributed by atoms with Crippen molar-refractivity contribution in [1.82, 2.24) is 15.2 Å². The van der Waals surface area contributed by atoms with Crippen LogP contribution in [0.5, 0.6) is 0 Å². The van der Waals surface area contributed by atoms with Gasteiger partial charge in [0.25, 0.3) is 17.4 Å². The third-order valence-corrected chi connectivity index (χ3v) is 4.40. The summed E-state index contributed by atoms with van der Waals surface area (Å²) in [6.45, 7) is 3.70. The molecule has 1 aliphatic rings. The van der Waals surface area contributed by atoms with Crippen molar-refractivity contribution in [3.05, 3.63) is 68.6 Å². The fraction of sp³-hybridized carbons (Fsp3) is 0.263. The number of benzene rings is 1. The number of imide groups is 1. The summed E-state index contributed by atoms with van der Waals surface area (Å²) in [6, 6.07) is 8.43. The first-order chi connectivity index (χ1) is 12.4. The Morgan fingerprint density at radius 2 is 1.69 bits per heavy atom. The predicted molar refractivity (Wildman–Crippen MR) is 94.8 cm³/mol. The molecule has 7 heteroatoms. The van der Waals surface area contributed by atoms with Crippen LogP contribution < -0.4 is 10.9 Å². The molecule has 0 atom stereocenters. The van der Waals surface area contributed by atoms with Crippen molar-refractivity contribution in [2.75, 3.05) is 6.54 Å². The maximum atomic E-state index is 12.2. The first kappa shape index (κ1) is 17.6. The van der Waals surface area contributed by atoms with Gasteiger partial charge in [0.15, 0.2) is 0 Å². The molecule has 1 aromatic heterocycles. The summed E-state index contributed by atoms with van der Waals surface area (Å²) < 4.78 is 0. The lowest BCUT2D eigenvalue weighted by Gasteiger charge is -2.13. The molecule has 0 bridgehead atoms. The average Bonchev–Trinajstić information content (AvgIpc) is 2.83. The molecule has 0 radical (unpaired) electrons. The molecule has 0 aliphatic carbocycles. The largest absolute Gasteiger partial charge is 0.352 e. The Labute approximate surface area is 150 Å². The smallest absolute Gasteiger partial charge is 0.261 e. The van der Waals surface area contributed by atoms with Gasteiger partial charge in [-0.2, -0.15) is 0 Å². The SMILES string of the molecule is Cc1cc(C)c(CNC(=O)CCN2C(=O)c3ccccc3C2=O)c(=O)[nH]1. The minimum absolute atomic E-state index is 0.00141. The standard InChI is InChI=1S/C19H19N3O4/c1-11-9-12(2)21-17(24)15(11)10-20-16(23)7-8-22-18(25)13-5-3-4-6-14(13)19(22)26/h3-6,9H,7-8,10H2,1-2H3,(H,20,23)(H,21,24). The summed E-state index contributed by atoms with van der Waals surface area (Å²) >= 11 is 0. The zero-order valence-electron chi connectivity index (χ0n) is 14.6. The van der Waals surface area contributed by atoms with Crippen LogP contribution in [0, 0.1) is 13.8 Å². The van der Waals surface area contributed by atoms with E-state index in [1.54, 1.807) is 31.2 Å². The molecule has 2 N–H and O–H groups in total. The summed E-state index contributed by atoms with van der Waals surface area (Å²) in [5, 5.41) is 2.67. The molecule has 3 rings (SSSR count). The van der Waals surface area contributed by atoms with Gasteiger partial charge in [-0.25, -0.2) is 0 Å². The predicted octanol–water partition coefficient (Wildman–Crippen LogP) is 1.29. The van der Waals surface area contributed by atoms with Crippen LogP contribution in [0.2, 0.25) is 0 Å². The molecule has 0 saturated heterocycles. The molecule has 26 heavy (non-hydrogen) atoms. The number of aromatic nitrogens is 1. The lowest BCUT2D eigenvalue weighted by atomic mass is 10.1. The topological polar surface area (TPSA) is 99.3 Å². The van der Waals surface area contributed by atoms with Gasteiger partial charge in [0, 0.05) is 30.8 Å². The average molecular weight is 353 g/mol. The highest BCUT2D eigenvalue weighted by Gasteiger charge is 2.34. The molecule has 0 spiro atoms. The van der Waals surface area contributed by atoms with Crippen LogP contribution in [-0.2, 0) is 11.3 Å². The molecular weight excluding hydrogens is 334 g/mol. The molecule has 2 aromatic rings. The quantitative estimate of drug-likeness (QED) is 0.791. The summed E-state index contributed by atoms with van der Waals surface area (Å²) in [6.07, 6.45) is -0.0196. The van der Waals surface area contributed by atoms with E-state index in [-0.39, 0.29) is 42.8 Å². The first-order valence-corrected chi connectivity index (χ1v) is 8.30. The highest BCUT2D eigenvalue weighted by atomic mass is 16.2. The number of hydrogen-bond acceptors (Lipinski definition) is 4. The maximum Gasteiger partial charge on any atom is 0.261 e. The summed E-state index contributed by atoms with van der Waals surface area (Å²) in [4.78, 5) is 52.3. The number of carbonyl (C=O) groups excluding carboxylic acids is 3. The van der Waals surface area contributed by atoms with Gasteiger partial charge in [0.2, 0.25) is 5.91 Å². The Balaban J connectivity index is 1.58. The number of fused-ring (bicyclic) bond motifs is 1. The van der Waals surface area contributed by atoms with Crippen molar-refractivity contribution < 1.29 is 14.4 Å². The Hall–Kier alpha value is -3.22. The van der Waals surface area contributed by atoms with Crippen molar-refractivity contribution >= 4 is 17.7 Å². The molecular formula is C19H19N3O4. The molecule has 1 aliphatic heterocycles. The van der Waals surface area contributed by atoms with Gasteiger partial charge in [-0.1, -0.05) is 12.1 Å². The highest BCUT2D eigenvalue weighted by Crippen LogP contribution is 2.22. The van der Waals surface area contributed by atoms with Gasteiger partial charge >= 0.3 is 0 Å². The third-order valence-electron chi connectivity index (χ3n) is 4.40. The molecule has 2 heterocycles. The molecule has 7 nitrogen and oxygen atoms in total. The molecule has 0 fully saturated rings. The van der Waals surface area contributed by atoms with Crippen molar-refractivity contribution in [3.63, 3.8) is 0 Å². The van der Waals surface area contributed by atoms with E-state index in [1.807, 2.05) is 13.0 Å². The molecule has 1 aromatic carbocycles. The fourth-order valence-corrected chi connectivity index (χ4v) is 3.03. The number of nitrogens with one attached hydrogen (secondary N) is 2. The number of H-pyrrole nitrogens is 1. The number of aryl methyl sites for hydroxylation is 2. The number of pyridine rings is 1. The number of rotatable bonds is 5. The lowest BCUT2D eigenvalue weighted by molar-refractivity contribution is -0.121. The van der Waals surface area contributed by atoms with E-state index >= 15 is 0 Å². The van der Waals surface area contributed by atoms with Crippen molar-refractivity contribution in [3.8, 4) is 0 Å². The number of carbonyl (C=O) groups is 3. The Kier molecular flexibility index (Phi) is 4.71. The molecule has 0 unspecified atom stereocenters. The minimum atomic E-state index is -0.385. The second-order valence-electron chi connectivity index (χ2n) is 6.28. The zero-order chi connectivity index (χ0) is 18.8. The zero-order valence-corrected chi connectivity index (χ0v) is 14.6. The van der Waals surface area contributed by atoms with Gasteiger partial charge in [0.05, 0.1) is 11.1 Å². The number of aromatic amines is 1. The Morgan fingerprint density at radius 3 is 2.27 bits per heavy atom. The van der Waals surface area contributed by atoms with E-state index in [1.165, 1.54) is 0 Å². The Bertz CT molecular complexity index is 926. The van der Waals surface area contributed by atoms with E-state index in [9.17, 15) is 19.2 Å². The molecule has 0 saturated carbocycles. The maximum absolute atomic E-state index is 12.2. The van der Waals surface area contributed by atoms with Crippen LogP contribution in [0.1, 0.15) is 44.0 Å². The molecule has 134 valence electrons. The molecule has 3 amide bonds. The van der Waals surface area contributed by atoms with Gasteiger partial charge in [0.1, 0.15) is 0 Å². The second kappa shape index (κ2) is 6.95. The normalized spacial score (nSPS) is 13.1.